The minimum absolute atomic E-state index is 0.540. The average Bonchev–Trinajstić information content (AvgIpc) is 2.47. The van der Waals surface area contributed by atoms with E-state index in [0.717, 1.165) is 15.9 Å². The van der Waals surface area contributed by atoms with Gasteiger partial charge >= 0.3 is 0 Å². The molecule has 0 aliphatic rings. The topological polar surface area (TPSA) is 51.3 Å². The number of aromatic nitrogens is 1. The van der Waals surface area contributed by atoms with Gasteiger partial charge in [-0.3, -0.25) is 0 Å². The van der Waals surface area contributed by atoms with Crippen LogP contribution in [0.15, 0.2) is 23.2 Å². The number of nitrogens with two attached hydrogens (primary N) is 1. The van der Waals surface area contributed by atoms with E-state index in [1.54, 1.807) is 6.92 Å². The second-order valence-electron chi connectivity index (χ2n) is 3.26. The molecule has 14 heavy (non-hydrogen) atoms. The van der Waals surface area contributed by atoms with Crippen molar-refractivity contribution in [3.05, 3.63) is 23.8 Å². The number of fused-ring (bicyclic) bond motifs is 1. The number of aryl methyl sites for hydroxylation is 1. The van der Waals surface area contributed by atoms with E-state index in [2.05, 4.69) is 34.5 Å². The van der Waals surface area contributed by atoms with Gasteiger partial charge in [-0.25, -0.2) is 4.99 Å². The van der Waals surface area contributed by atoms with E-state index >= 15 is 0 Å². The lowest BCUT2D eigenvalue weighted by Crippen LogP contribution is -2.03. The summed E-state index contributed by atoms with van der Waals surface area (Å²) in [6.07, 6.45) is 0. The van der Waals surface area contributed by atoms with E-state index in [0.29, 0.717) is 5.84 Å². The monoisotopic (exact) mass is 205 g/mol. The normalized spacial score (nSPS) is 12.3. The largest absolute Gasteiger partial charge is 0.387 e. The molecule has 0 saturated carbocycles. The highest BCUT2D eigenvalue weighted by molar-refractivity contribution is 7.13. The molecule has 0 aliphatic carbocycles. The first-order chi connectivity index (χ1) is 6.66. The number of hydrogen-bond acceptors (Lipinski definition) is 3. The molecule has 3 nitrogen and oxygen atoms in total. The van der Waals surface area contributed by atoms with Gasteiger partial charge in [0, 0.05) is 5.39 Å². The van der Waals surface area contributed by atoms with E-state index in [1.807, 2.05) is 0 Å². The van der Waals surface area contributed by atoms with Crippen LogP contribution in [0.5, 0.6) is 0 Å². The van der Waals surface area contributed by atoms with E-state index in [9.17, 15) is 0 Å². The Morgan fingerprint density at radius 3 is 3.00 bits per heavy atom. The van der Waals surface area contributed by atoms with Crippen molar-refractivity contribution >= 4 is 33.3 Å². The lowest BCUT2D eigenvalue weighted by atomic mass is 10.2. The first-order valence-corrected chi connectivity index (χ1v) is 5.11. The highest BCUT2D eigenvalue weighted by Gasteiger charge is 2.04. The molecule has 0 radical (unpaired) electrons. The highest BCUT2D eigenvalue weighted by atomic mass is 32.1. The third-order valence-corrected chi connectivity index (χ3v) is 2.71. The third-order valence-electron chi connectivity index (χ3n) is 1.89. The molecule has 2 aromatic rings. The Morgan fingerprint density at radius 1 is 1.50 bits per heavy atom. The zero-order valence-electron chi connectivity index (χ0n) is 8.11. The Morgan fingerprint density at radius 2 is 2.29 bits per heavy atom. The summed E-state index contributed by atoms with van der Waals surface area (Å²) < 4.78 is 5.40. The molecule has 0 spiro atoms. The van der Waals surface area contributed by atoms with Crippen molar-refractivity contribution in [2.24, 2.45) is 10.7 Å². The summed E-state index contributed by atoms with van der Waals surface area (Å²) in [4.78, 5) is 4.18. The van der Waals surface area contributed by atoms with Crippen LogP contribution in [0.2, 0.25) is 0 Å². The molecule has 1 heterocycles. The fourth-order valence-electron chi connectivity index (χ4n) is 1.29. The van der Waals surface area contributed by atoms with Gasteiger partial charge in [0.25, 0.3) is 0 Å². The van der Waals surface area contributed by atoms with E-state index in [1.165, 1.54) is 17.1 Å². The molecule has 0 bridgehead atoms. The number of amidine groups is 1. The minimum atomic E-state index is 0.540. The predicted octanol–water partition coefficient (Wildman–Crippen LogP) is 2.61. The fraction of sp³-hybridized carbons (Fsp3) is 0.200. The van der Waals surface area contributed by atoms with Gasteiger partial charge < -0.3 is 5.73 Å². The maximum atomic E-state index is 5.53. The van der Waals surface area contributed by atoms with Crippen molar-refractivity contribution in [3.8, 4) is 0 Å². The average molecular weight is 205 g/mol. The van der Waals surface area contributed by atoms with Gasteiger partial charge in [0.15, 0.2) is 5.82 Å². The van der Waals surface area contributed by atoms with Gasteiger partial charge in [-0.15, -0.1) is 0 Å². The second kappa shape index (κ2) is 3.38. The molecule has 1 aromatic carbocycles. The van der Waals surface area contributed by atoms with Gasteiger partial charge in [-0.05, 0) is 37.5 Å². The van der Waals surface area contributed by atoms with Gasteiger partial charge in [0.2, 0.25) is 0 Å². The molecule has 0 saturated heterocycles. The van der Waals surface area contributed by atoms with Gasteiger partial charge in [-0.2, -0.15) is 4.37 Å². The maximum Gasteiger partial charge on any atom is 0.175 e. The number of nitrogens with zero attached hydrogens (tertiary/aromatic N) is 2. The van der Waals surface area contributed by atoms with Gasteiger partial charge in [0.1, 0.15) is 0 Å². The summed E-state index contributed by atoms with van der Waals surface area (Å²) in [6.45, 7) is 3.82. The lowest BCUT2D eigenvalue weighted by Gasteiger charge is -1.93. The summed E-state index contributed by atoms with van der Waals surface area (Å²) in [6, 6.07) is 6.22. The third kappa shape index (κ3) is 1.61. The number of benzene rings is 1. The Bertz CT molecular complexity index is 495. The quantitative estimate of drug-likeness (QED) is 0.574. The van der Waals surface area contributed by atoms with Crippen LogP contribution in [0.3, 0.4) is 0 Å². The molecule has 0 amide bonds. The van der Waals surface area contributed by atoms with Crippen molar-refractivity contribution < 1.29 is 0 Å². The van der Waals surface area contributed by atoms with E-state index in [-0.39, 0.29) is 0 Å². The van der Waals surface area contributed by atoms with Crippen LogP contribution in [0, 0.1) is 6.92 Å². The summed E-state index contributed by atoms with van der Waals surface area (Å²) >= 11 is 1.45. The van der Waals surface area contributed by atoms with Crippen LogP contribution in [0.25, 0.3) is 10.1 Å². The van der Waals surface area contributed by atoms with Crippen LogP contribution >= 0.6 is 11.5 Å². The Kier molecular flexibility index (Phi) is 2.21. The maximum absolute atomic E-state index is 5.53. The Labute approximate surface area is 86.4 Å². The summed E-state index contributed by atoms with van der Waals surface area (Å²) in [5.74, 6) is 1.27. The molecule has 0 atom stereocenters. The van der Waals surface area contributed by atoms with Crippen molar-refractivity contribution in [3.63, 3.8) is 0 Å². The molecule has 2 rings (SSSR count). The molecule has 0 fully saturated rings. The fourth-order valence-corrected chi connectivity index (χ4v) is 1.99. The van der Waals surface area contributed by atoms with Crippen LogP contribution < -0.4 is 5.73 Å². The smallest absolute Gasteiger partial charge is 0.175 e. The van der Waals surface area contributed by atoms with Crippen molar-refractivity contribution in [1.29, 1.82) is 0 Å². The van der Waals surface area contributed by atoms with Crippen molar-refractivity contribution in [1.82, 2.24) is 4.37 Å². The van der Waals surface area contributed by atoms with Crippen LogP contribution in [-0.4, -0.2) is 10.2 Å². The zero-order valence-corrected chi connectivity index (χ0v) is 8.93. The number of rotatable bonds is 1. The standard InChI is InChI=1S/C10H11N3S/c1-6-3-4-9-8(5-6)10(13-14-9)12-7(2)11/h3-5H,1-2H3,(H2,11,12,13). The summed E-state index contributed by atoms with van der Waals surface area (Å²) in [5.41, 5.74) is 6.74. The molecule has 0 aliphatic heterocycles. The molecule has 1 aromatic heterocycles. The van der Waals surface area contributed by atoms with Gasteiger partial charge in [-0.1, -0.05) is 11.6 Å². The van der Waals surface area contributed by atoms with Crippen LogP contribution in [0.4, 0.5) is 5.82 Å². The first-order valence-electron chi connectivity index (χ1n) is 4.33. The molecular weight excluding hydrogens is 194 g/mol. The van der Waals surface area contributed by atoms with Crippen LogP contribution in [0.1, 0.15) is 12.5 Å². The van der Waals surface area contributed by atoms with E-state index in [4.69, 9.17) is 5.73 Å². The Hall–Kier alpha value is -1.42. The highest BCUT2D eigenvalue weighted by Crippen LogP contribution is 2.29. The predicted molar refractivity (Wildman–Crippen MR) is 61.3 cm³/mol. The summed E-state index contributed by atoms with van der Waals surface area (Å²) in [5, 5.41) is 1.08. The number of hydrogen-bond donors (Lipinski definition) is 1. The van der Waals surface area contributed by atoms with Gasteiger partial charge in [0.05, 0.1) is 10.5 Å². The molecule has 72 valence electrons. The minimum Gasteiger partial charge on any atom is -0.387 e. The Balaban J connectivity index is 2.67. The number of aliphatic imine (C=N–C) groups is 1. The molecule has 2 N–H and O–H groups in total. The van der Waals surface area contributed by atoms with Crippen molar-refractivity contribution in [2.45, 2.75) is 13.8 Å². The lowest BCUT2D eigenvalue weighted by molar-refractivity contribution is 1.39. The first kappa shape index (κ1) is 9.15. The SMILES string of the molecule is CC(N)=Nc1nsc2ccc(C)cc12. The molecule has 0 unspecified atom stereocenters. The zero-order chi connectivity index (χ0) is 10.1. The summed E-state index contributed by atoms with van der Waals surface area (Å²) in [7, 11) is 0. The second-order valence-corrected chi connectivity index (χ2v) is 4.06. The van der Waals surface area contributed by atoms with E-state index < -0.39 is 0 Å². The molecular formula is C10H11N3S. The van der Waals surface area contributed by atoms with Crippen molar-refractivity contribution in [2.75, 3.05) is 0 Å². The van der Waals surface area contributed by atoms with Crippen LogP contribution in [-0.2, 0) is 0 Å². The molecule has 4 heteroatoms.